The highest BCUT2D eigenvalue weighted by molar-refractivity contribution is 7.10. The highest BCUT2D eigenvalue weighted by Gasteiger charge is 2.29. The molecule has 17 heavy (non-hydrogen) atoms. The lowest BCUT2D eigenvalue weighted by molar-refractivity contribution is 0.351. The quantitative estimate of drug-likeness (QED) is 0.880. The number of nitrogens with two attached hydrogens (primary N) is 1. The van der Waals surface area contributed by atoms with Crippen LogP contribution >= 0.6 is 11.3 Å². The molecular formula is C14H16N2S. The summed E-state index contributed by atoms with van der Waals surface area (Å²) in [5.41, 5.74) is 9.43. The highest BCUT2D eigenvalue weighted by Crippen LogP contribution is 2.38. The van der Waals surface area contributed by atoms with E-state index < -0.39 is 0 Å². The SMILES string of the molecule is Cc1cccc(-c2csc(C3CC(N)C3)n2)c1. The Kier molecular flexibility index (Phi) is 2.73. The third-order valence-corrected chi connectivity index (χ3v) is 4.37. The smallest absolute Gasteiger partial charge is 0.0964 e. The third kappa shape index (κ3) is 2.13. The molecule has 2 N–H and O–H groups in total. The Bertz CT molecular complexity index is 527. The zero-order valence-electron chi connectivity index (χ0n) is 9.89. The van der Waals surface area contributed by atoms with Gasteiger partial charge in [-0.05, 0) is 25.8 Å². The van der Waals surface area contributed by atoms with E-state index in [1.165, 1.54) is 16.1 Å². The van der Waals surface area contributed by atoms with Crippen molar-refractivity contribution in [3.63, 3.8) is 0 Å². The molecule has 0 spiro atoms. The van der Waals surface area contributed by atoms with E-state index in [2.05, 4.69) is 36.6 Å². The summed E-state index contributed by atoms with van der Waals surface area (Å²) in [7, 11) is 0. The van der Waals surface area contributed by atoms with Crippen molar-refractivity contribution in [2.24, 2.45) is 5.73 Å². The van der Waals surface area contributed by atoms with E-state index in [4.69, 9.17) is 10.7 Å². The van der Waals surface area contributed by atoms with Crippen molar-refractivity contribution >= 4 is 11.3 Å². The van der Waals surface area contributed by atoms with Gasteiger partial charge in [0, 0.05) is 22.9 Å². The molecule has 1 heterocycles. The lowest BCUT2D eigenvalue weighted by atomic mass is 9.81. The molecule has 0 amide bonds. The van der Waals surface area contributed by atoms with Crippen molar-refractivity contribution in [2.75, 3.05) is 0 Å². The van der Waals surface area contributed by atoms with Crippen molar-refractivity contribution < 1.29 is 0 Å². The normalized spacial score (nSPS) is 23.4. The number of nitrogens with zero attached hydrogens (tertiary/aromatic N) is 1. The van der Waals surface area contributed by atoms with Crippen molar-refractivity contribution in [3.8, 4) is 11.3 Å². The number of thiazole rings is 1. The molecule has 2 aromatic rings. The van der Waals surface area contributed by atoms with E-state index in [-0.39, 0.29) is 0 Å². The van der Waals surface area contributed by atoms with Gasteiger partial charge in [0.15, 0.2) is 0 Å². The summed E-state index contributed by atoms with van der Waals surface area (Å²) < 4.78 is 0. The summed E-state index contributed by atoms with van der Waals surface area (Å²) in [5, 5.41) is 3.41. The Morgan fingerprint density at radius 2 is 2.18 bits per heavy atom. The molecule has 0 radical (unpaired) electrons. The second-order valence-corrected chi connectivity index (χ2v) is 5.76. The molecule has 2 nitrogen and oxygen atoms in total. The fourth-order valence-corrected chi connectivity index (χ4v) is 3.23. The zero-order chi connectivity index (χ0) is 11.8. The number of aryl methyl sites for hydroxylation is 1. The van der Waals surface area contributed by atoms with Crippen LogP contribution in [0, 0.1) is 6.92 Å². The first-order valence-electron chi connectivity index (χ1n) is 6.00. The molecular weight excluding hydrogens is 228 g/mol. The van der Waals surface area contributed by atoms with E-state index in [1.807, 2.05) is 0 Å². The maximum absolute atomic E-state index is 5.82. The van der Waals surface area contributed by atoms with Crippen LogP contribution in [0.2, 0.25) is 0 Å². The summed E-state index contributed by atoms with van der Waals surface area (Å²) >= 11 is 1.77. The Morgan fingerprint density at radius 3 is 2.88 bits per heavy atom. The first-order chi connectivity index (χ1) is 8.22. The van der Waals surface area contributed by atoms with Crippen LogP contribution in [-0.4, -0.2) is 11.0 Å². The third-order valence-electron chi connectivity index (χ3n) is 3.36. The van der Waals surface area contributed by atoms with Crippen molar-refractivity contribution in [1.29, 1.82) is 0 Å². The fraction of sp³-hybridized carbons (Fsp3) is 0.357. The van der Waals surface area contributed by atoms with E-state index in [0.29, 0.717) is 12.0 Å². The predicted octanol–water partition coefficient (Wildman–Crippen LogP) is 3.32. The average molecular weight is 244 g/mol. The molecule has 3 rings (SSSR count). The molecule has 1 aliphatic carbocycles. The molecule has 0 bridgehead atoms. The summed E-state index contributed by atoms with van der Waals surface area (Å²) in [5.74, 6) is 0.605. The number of rotatable bonds is 2. The molecule has 0 aliphatic heterocycles. The molecule has 1 aromatic heterocycles. The lowest BCUT2D eigenvalue weighted by Gasteiger charge is -2.30. The predicted molar refractivity (Wildman–Crippen MR) is 72.2 cm³/mol. The topological polar surface area (TPSA) is 38.9 Å². The van der Waals surface area contributed by atoms with Crippen LogP contribution in [0.15, 0.2) is 29.6 Å². The Balaban J connectivity index is 1.85. The first-order valence-corrected chi connectivity index (χ1v) is 6.88. The molecule has 1 fully saturated rings. The molecule has 0 atom stereocenters. The highest BCUT2D eigenvalue weighted by atomic mass is 32.1. The average Bonchev–Trinajstić information content (AvgIpc) is 2.74. The van der Waals surface area contributed by atoms with Gasteiger partial charge in [0.1, 0.15) is 0 Å². The van der Waals surface area contributed by atoms with Gasteiger partial charge in [0.05, 0.1) is 10.7 Å². The van der Waals surface area contributed by atoms with Crippen LogP contribution < -0.4 is 5.73 Å². The van der Waals surface area contributed by atoms with E-state index >= 15 is 0 Å². The van der Waals surface area contributed by atoms with Crippen molar-refractivity contribution in [2.45, 2.75) is 31.7 Å². The number of hydrogen-bond donors (Lipinski definition) is 1. The summed E-state index contributed by atoms with van der Waals surface area (Å²) in [6.45, 7) is 2.11. The summed E-state index contributed by atoms with van der Waals surface area (Å²) in [6.07, 6.45) is 2.20. The summed E-state index contributed by atoms with van der Waals surface area (Å²) in [6, 6.07) is 8.90. The van der Waals surface area contributed by atoms with Crippen LogP contribution in [0.1, 0.15) is 29.3 Å². The van der Waals surface area contributed by atoms with Crippen LogP contribution in [0.25, 0.3) is 11.3 Å². The molecule has 1 aromatic carbocycles. The molecule has 3 heteroatoms. The van der Waals surface area contributed by atoms with E-state index in [0.717, 1.165) is 18.5 Å². The van der Waals surface area contributed by atoms with Gasteiger partial charge in [-0.1, -0.05) is 23.8 Å². The van der Waals surface area contributed by atoms with Crippen molar-refractivity contribution in [3.05, 3.63) is 40.2 Å². The molecule has 1 aliphatic rings. The van der Waals surface area contributed by atoms with Crippen LogP contribution in [-0.2, 0) is 0 Å². The van der Waals surface area contributed by atoms with Crippen LogP contribution in [0.5, 0.6) is 0 Å². The van der Waals surface area contributed by atoms with Gasteiger partial charge < -0.3 is 5.73 Å². The van der Waals surface area contributed by atoms with Gasteiger partial charge in [0.25, 0.3) is 0 Å². The van der Waals surface area contributed by atoms with Crippen LogP contribution in [0.4, 0.5) is 0 Å². The van der Waals surface area contributed by atoms with Gasteiger partial charge >= 0.3 is 0 Å². The Hall–Kier alpha value is -1.19. The minimum atomic E-state index is 0.395. The van der Waals surface area contributed by atoms with E-state index in [9.17, 15) is 0 Å². The molecule has 1 saturated carbocycles. The number of aromatic nitrogens is 1. The monoisotopic (exact) mass is 244 g/mol. The molecule has 88 valence electrons. The van der Waals surface area contributed by atoms with Crippen LogP contribution in [0.3, 0.4) is 0 Å². The largest absolute Gasteiger partial charge is 0.328 e. The minimum Gasteiger partial charge on any atom is -0.328 e. The van der Waals surface area contributed by atoms with Gasteiger partial charge in [-0.3, -0.25) is 0 Å². The fourth-order valence-electron chi connectivity index (χ4n) is 2.28. The Labute approximate surface area is 106 Å². The standard InChI is InChI=1S/C14H16N2S/c1-9-3-2-4-10(5-9)13-8-17-14(16-13)11-6-12(15)7-11/h2-5,8,11-12H,6-7,15H2,1H3. The number of hydrogen-bond acceptors (Lipinski definition) is 3. The van der Waals surface area contributed by atoms with Gasteiger partial charge in [-0.25, -0.2) is 4.98 Å². The maximum atomic E-state index is 5.82. The first kappa shape index (κ1) is 10.9. The zero-order valence-corrected chi connectivity index (χ0v) is 10.7. The lowest BCUT2D eigenvalue weighted by Crippen LogP contribution is -2.34. The minimum absolute atomic E-state index is 0.395. The molecule has 0 unspecified atom stereocenters. The maximum Gasteiger partial charge on any atom is 0.0964 e. The second kappa shape index (κ2) is 4.24. The second-order valence-electron chi connectivity index (χ2n) is 4.87. The number of benzene rings is 1. The van der Waals surface area contributed by atoms with Crippen molar-refractivity contribution in [1.82, 2.24) is 4.98 Å². The van der Waals surface area contributed by atoms with Gasteiger partial charge in [0.2, 0.25) is 0 Å². The van der Waals surface area contributed by atoms with Gasteiger partial charge in [-0.15, -0.1) is 11.3 Å². The molecule has 0 saturated heterocycles. The van der Waals surface area contributed by atoms with E-state index in [1.54, 1.807) is 11.3 Å². The summed E-state index contributed by atoms with van der Waals surface area (Å²) in [4.78, 5) is 4.74. The Morgan fingerprint density at radius 1 is 1.35 bits per heavy atom. The van der Waals surface area contributed by atoms with Gasteiger partial charge in [-0.2, -0.15) is 0 Å².